The molecule has 0 aromatic heterocycles. The van der Waals surface area contributed by atoms with Gasteiger partial charge >= 0.3 is 6.16 Å². The van der Waals surface area contributed by atoms with Crippen LogP contribution in [-0.2, 0) is 19.0 Å². The zero-order valence-electron chi connectivity index (χ0n) is 15.9. The summed E-state index contributed by atoms with van der Waals surface area (Å²) in [6, 6.07) is 0. The molecule has 2 fully saturated rings. The van der Waals surface area contributed by atoms with Crippen molar-refractivity contribution in [3.8, 4) is 0 Å². The number of Topliss-reactive ketones (excluding diaryl/α,β-unsaturated/α-hetero) is 1. The van der Waals surface area contributed by atoms with E-state index in [4.69, 9.17) is 14.2 Å². The van der Waals surface area contributed by atoms with Crippen LogP contribution in [0.25, 0.3) is 0 Å². The van der Waals surface area contributed by atoms with Crippen LogP contribution in [0.1, 0.15) is 53.9 Å². The maximum Gasteiger partial charge on any atom is 0.511 e. The summed E-state index contributed by atoms with van der Waals surface area (Å²) in [5, 5.41) is 0. The van der Waals surface area contributed by atoms with Gasteiger partial charge in [0, 0.05) is 5.92 Å². The number of ether oxygens (including phenoxy) is 3. The maximum absolute atomic E-state index is 12.5. The van der Waals surface area contributed by atoms with Gasteiger partial charge in [-0.1, -0.05) is 40.2 Å². The van der Waals surface area contributed by atoms with Crippen molar-refractivity contribution < 1.29 is 23.8 Å². The zero-order valence-corrected chi connectivity index (χ0v) is 15.9. The first-order chi connectivity index (χ1) is 11.7. The Morgan fingerprint density at radius 1 is 1.28 bits per heavy atom. The molecule has 0 aromatic rings. The van der Waals surface area contributed by atoms with Crippen LogP contribution in [0.3, 0.4) is 0 Å². The van der Waals surface area contributed by atoms with Crippen LogP contribution in [0.4, 0.5) is 4.79 Å². The number of fused-ring (bicyclic) bond motifs is 2. The van der Waals surface area contributed by atoms with Gasteiger partial charge in [-0.15, -0.1) is 0 Å². The van der Waals surface area contributed by atoms with Crippen molar-refractivity contribution in [2.45, 2.75) is 71.9 Å². The van der Waals surface area contributed by atoms with Crippen molar-refractivity contribution >= 4 is 11.9 Å². The van der Waals surface area contributed by atoms with E-state index >= 15 is 0 Å². The third-order valence-electron chi connectivity index (χ3n) is 6.26. The molecule has 0 radical (unpaired) electrons. The fourth-order valence-electron chi connectivity index (χ4n) is 4.46. The SMILES string of the molecule is CC(C)[C@@H]1CC[C@@H](C)C[C@H]1OC(=O)O[C@@]12C=C[C@@H](O1)[C@H](C)C(=O)[C@H]2C. The summed E-state index contributed by atoms with van der Waals surface area (Å²) in [7, 11) is 0. The molecular weight excluding hydrogens is 320 g/mol. The van der Waals surface area contributed by atoms with Gasteiger partial charge in [-0.05, 0) is 43.6 Å². The van der Waals surface area contributed by atoms with E-state index in [0.29, 0.717) is 17.8 Å². The molecule has 25 heavy (non-hydrogen) atoms. The fourth-order valence-corrected chi connectivity index (χ4v) is 4.46. The molecule has 0 spiro atoms. The number of carbonyl (C=O) groups excluding carboxylic acids is 2. The normalized spacial score (nSPS) is 43.4. The standard InChI is InChI=1S/C20H30O5/c1-11(2)15-7-6-12(3)10-17(15)23-19(22)25-20-9-8-16(24-20)13(4)18(21)14(20)5/h8-9,11-17H,6-7,10H2,1-5H3/t12-,13+,14-,15+,16-,17-,20-/m1/s1. The molecule has 140 valence electrons. The average molecular weight is 350 g/mol. The van der Waals surface area contributed by atoms with Crippen LogP contribution < -0.4 is 0 Å². The molecule has 0 amide bonds. The number of rotatable bonds is 3. The van der Waals surface area contributed by atoms with Crippen LogP contribution in [0.15, 0.2) is 12.2 Å². The second kappa shape index (κ2) is 6.75. The number of hydrogen-bond acceptors (Lipinski definition) is 5. The van der Waals surface area contributed by atoms with Crippen molar-refractivity contribution in [3.63, 3.8) is 0 Å². The summed E-state index contributed by atoms with van der Waals surface area (Å²) in [4.78, 5) is 24.9. The highest BCUT2D eigenvalue weighted by Crippen LogP contribution is 2.43. The lowest BCUT2D eigenvalue weighted by Gasteiger charge is -2.40. The molecule has 2 heterocycles. The van der Waals surface area contributed by atoms with E-state index in [1.54, 1.807) is 13.0 Å². The Bertz CT molecular complexity index is 568. The minimum atomic E-state index is -1.31. The van der Waals surface area contributed by atoms with Gasteiger partial charge in [-0.2, -0.15) is 0 Å². The highest BCUT2D eigenvalue weighted by molar-refractivity contribution is 5.86. The molecule has 3 rings (SSSR count). The molecule has 3 aliphatic rings. The number of hydrogen-bond donors (Lipinski definition) is 0. The lowest BCUT2D eigenvalue weighted by atomic mass is 9.75. The summed E-state index contributed by atoms with van der Waals surface area (Å²) in [6.07, 6.45) is 5.41. The van der Waals surface area contributed by atoms with E-state index in [1.165, 1.54) is 6.42 Å². The van der Waals surface area contributed by atoms with E-state index < -0.39 is 17.9 Å². The molecular formula is C20H30O5. The van der Waals surface area contributed by atoms with Gasteiger partial charge in [0.25, 0.3) is 0 Å². The Labute approximate surface area is 150 Å². The highest BCUT2D eigenvalue weighted by Gasteiger charge is 2.55. The van der Waals surface area contributed by atoms with Crippen molar-refractivity contribution in [1.29, 1.82) is 0 Å². The molecule has 1 saturated carbocycles. The molecule has 1 aliphatic carbocycles. The molecule has 0 unspecified atom stereocenters. The van der Waals surface area contributed by atoms with Crippen molar-refractivity contribution in [2.75, 3.05) is 0 Å². The first kappa shape index (κ1) is 18.4. The van der Waals surface area contributed by atoms with Crippen LogP contribution in [0.5, 0.6) is 0 Å². The average Bonchev–Trinajstić information content (AvgIpc) is 2.93. The van der Waals surface area contributed by atoms with Gasteiger partial charge < -0.3 is 14.2 Å². The molecule has 1 saturated heterocycles. The third kappa shape index (κ3) is 3.35. The van der Waals surface area contributed by atoms with Crippen molar-refractivity contribution in [3.05, 3.63) is 12.2 Å². The molecule has 2 aliphatic heterocycles. The summed E-state index contributed by atoms with van der Waals surface area (Å²) in [5.74, 6) is -0.665. The number of carbonyl (C=O) groups is 2. The predicted octanol–water partition coefficient (Wildman–Crippen LogP) is 4.11. The third-order valence-corrected chi connectivity index (χ3v) is 6.26. The van der Waals surface area contributed by atoms with Gasteiger partial charge in [-0.25, -0.2) is 4.79 Å². The van der Waals surface area contributed by atoms with Crippen molar-refractivity contribution in [1.82, 2.24) is 0 Å². The summed E-state index contributed by atoms with van der Waals surface area (Å²) in [5.41, 5.74) is 0. The Morgan fingerprint density at radius 2 is 2.00 bits per heavy atom. The highest BCUT2D eigenvalue weighted by atomic mass is 16.8. The maximum atomic E-state index is 12.5. The quantitative estimate of drug-likeness (QED) is 0.566. The van der Waals surface area contributed by atoms with Gasteiger partial charge in [0.1, 0.15) is 11.9 Å². The Kier molecular flexibility index (Phi) is 4.97. The minimum absolute atomic E-state index is 0.0559. The van der Waals surface area contributed by atoms with Gasteiger partial charge in [0.05, 0.1) is 12.0 Å². The zero-order chi connectivity index (χ0) is 18.4. The fraction of sp³-hybridized carbons (Fsp3) is 0.800. The Hall–Kier alpha value is -1.36. The monoisotopic (exact) mass is 350 g/mol. The molecule has 0 N–H and O–H groups in total. The second-order valence-corrected chi connectivity index (χ2v) is 8.41. The number of ketones is 1. The van der Waals surface area contributed by atoms with E-state index in [-0.39, 0.29) is 23.9 Å². The largest absolute Gasteiger partial charge is 0.511 e. The van der Waals surface area contributed by atoms with Gasteiger partial charge in [-0.3, -0.25) is 4.79 Å². The Balaban J connectivity index is 1.68. The summed E-state index contributed by atoms with van der Waals surface area (Å²) >= 11 is 0. The molecule has 5 heteroatoms. The minimum Gasteiger partial charge on any atom is -0.431 e. The molecule has 2 bridgehead atoms. The van der Waals surface area contributed by atoms with E-state index in [0.717, 1.165) is 12.8 Å². The summed E-state index contributed by atoms with van der Waals surface area (Å²) < 4.78 is 17.2. The van der Waals surface area contributed by atoms with Crippen molar-refractivity contribution in [2.24, 2.45) is 29.6 Å². The predicted molar refractivity (Wildman–Crippen MR) is 92.8 cm³/mol. The van der Waals surface area contributed by atoms with E-state index in [9.17, 15) is 9.59 Å². The van der Waals surface area contributed by atoms with E-state index in [2.05, 4.69) is 20.8 Å². The topological polar surface area (TPSA) is 61.8 Å². The lowest BCUT2D eigenvalue weighted by Crippen LogP contribution is -2.53. The first-order valence-corrected chi connectivity index (χ1v) is 9.54. The Morgan fingerprint density at radius 3 is 2.68 bits per heavy atom. The summed E-state index contributed by atoms with van der Waals surface area (Å²) in [6.45, 7) is 10.1. The van der Waals surface area contributed by atoms with Gasteiger partial charge in [0.15, 0.2) is 0 Å². The lowest BCUT2D eigenvalue weighted by molar-refractivity contribution is -0.237. The molecule has 7 atom stereocenters. The van der Waals surface area contributed by atoms with Crippen LogP contribution >= 0.6 is 0 Å². The first-order valence-electron chi connectivity index (χ1n) is 9.54. The van der Waals surface area contributed by atoms with Crippen LogP contribution in [-0.4, -0.2) is 29.9 Å². The van der Waals surface area contributed by atoms with Crippen LogP contribution in [0, 0.1) is 29.6 Å². The van der Waals surface area contributed by atoms with Crippen LogP contribution in [0.2, 0.25) is 0 Å². The molecule has 5 nitrogen and oxygen atoms in total. The second-order valence-electron chi connectivity index (χ2n) is 8.41. The molecule has 0 aromatic carbocycles. The van der Waals surface area contributed by atoms with Gasteiger partial charge in [0.2, 0.25) is 5.79 Å². The van der Waals surface area contributed by atoms with E-state index in [1.807, 2.05) is 13.0 Å². The smallest absolute Gasteiger partial charge is 0.431 e.